The average Bonchev–Trinajstić information content (AvgIpc) is 3.43. The predicted octanol–water partition coefficient (Wildman–Crippen LogP) is 5.04. The lowest BCUT2D eigenvalue weighted by Gasteiger charge is -2.04. The normalized spacial score (nSPS) is 9.82. The van der Waals surface area contributed by atoms with Crippen LogP contribution in [0.25, 0.3) is 17.3 Å². The summed E-state index contributed by atoms with van der Waals surface area (Å²) in [5.41, 5.74) is 0. The van der Waals surface area contributed by atoms with Crippen molar-refractivity contribution in [1.82, 2.24) is 28.2 Å². The van der Waals surface area contributed by atoms with Crippen LogP contribution in [0, 0.1) is 0 Å². The molecule has 0 aliphatic rings. The number of imidazole rings is 3. The SMILES string of the molecule is S=C=Nc1nc2n(c1N=C=S)c1nc(N=C=S)c(N=C=S)n1c1nc(N=C=S)c(N=C=S)n21. The van der Waals surface area contributed by atoms with Crippen molar-refractivity contribution in [2.75, 3.05) is 0 Å². The van der Waals surface area contributed by atoms with Gasteiger partial charge in [-0.1, -0.05) is 0 Å². The van der Waals surface area contributed by atoms with Gasteiger partial charge in [-0.2, -0.15) is 44.9 Å². The van der Waals surface area contributed by atoms with E-state index in [9.17, 15) is 0 Å². The molecule has 0 aromatic carbocycles. The molecule has 4 aromatic heterocycles. The minimum Gasteiger partial charge on any atom is -0.228 e. The Kier molecular flexibility index (Phi) is 6.52. The van der Waals surface area contributed by atoms with Gasteiger partial charge in [0.1, 0.15) is 0 Å². The van der Waals surface area contributed by atoms with Gasteiger partial charge in [0.05, 0.1) is 31.0 Å². The second kappa shape index (κ2) is 9.51. The summed E-state index contributed by atoms with van der Waals surface area (Å²) in [6, 6.07) is 0. The summed E-state index contributed by atoms with van der Waals surface area (Å²) in [5.74, 6) is 1.07. The Morgan fingerprint density at radius 2 is 0.667 bits per heavy atom. The Bertz CT molecular complexity index is 1560. The molecule has 0 aliphatic carbocycles. The molecule has 0 fully saturated rings. The van der Waals surface area contributed by atoms with Crippen LogP contribution in [-0.4, -0.2) is 59.1 Å². The summed E-state index contributed by atoms with van der Waals surface area (Å²) >= 11 is 28.6. The molecule has 4 heterocycles. The van der Waals surface area contributed by atoms with E-state index in [-0.39, 0.29) is 52.2 Å². The fourth-order valence-electron chi connectivity index (χ4n) is 2.96. The first kappa shape index (κ1) is 22.6. The molecule has 18 heteroatoms. The molecule has 4 aromatic rings. The second-order valence-corrected chi connectivity index (χ2v) is 6.50. The molecule has 156 valence electrons. The zero-order valence-corrected chi connectivity index (χ0v) is 20.2. The monoisotopic (exact) mass is 540 g/mol. The summed E-state index contributed by atoms with van der Waals surface area (Å²) < 4.78 is 4.37. The Morgan fingerprint density at radius 3 is 0.879 bits per heavy atom. The zero-order chi connectivity index (χ0) is 23.5. The first-order valence-electron chi connectivity index (χ1n) is 8.01. The first-order chi connectivity index (χ1) is 16.1. The fourth-order valence-corrected chi connectivity index (χ4v) is 3.47. The average molecular weight is 541 g/mol. The van der Waals surface area contributed by atoms with Gasteiger partial charge in [-0.05, 0) is 73.3 Å². The van der Waals surface area contributed by atoms with Crippen molar-refractivity contribution in [3.05, 3.63) is 0 Å². The molecule has 0 saturated heterocycles. The summed E-state index contributed by atoms with van der Waals surface area (Å²) in [4.78, 5) is 37.4. The number of aromatic nitrogens is 6. The molecular formula is C15N12S6. The Balaban J connectivity index is 2.50. The van der Waals surface area contributed by atoms with Crippen LogP contribution in [0.4, 0.5) is 34.9 Å². The molecular weight excluding hydrogens is 541 g/mol. The third-order valence-electron chi connectivity index (χ3n) is 3.96. The molecule has 0 radical (unpaired) electrons. The van der Waals surface area contributed by atoms with Crippen molar-refractivity contribution in [2.24, 2.45) is 30.0 Å². The van der Waals surface area contributed by atoms with Crippen LogP contribution < -0.4 is 0 Å². The highest BCUT2D eigenvalue weighted by Crippen LogP contribution is 2.39. The van der Waals surface area contributed by atoms with Gasteiger partial charge < -0.3 is 0 Å². The topological polar surface area (TPSA) is 126 Å². The van der Waals surface area contributed by atoms with Gasteiger partial charge in [-0.3, -0.25) is 0 Å². The van der Waals surface area contributed by atoms with Crippen LogP contribution in [0.15, 0.2) is 30.0 Å². The predicted molar refractivity (Wildman–Crippen MR) is 141 cm³/mol. The molecule has 0 aliphatic heterocycles. The van der Waals surface area contributed by atoms with Crippen molar-refractivity contribution in [1.29, 1.82) is 0 Å². The van der Waals surface area contributed by atoms with Crippen molar-refractivity contribution in [2.45, 2.75) is 0 Å². The summed E-state index contributed by atoms with van der Waals surface area (Å²) in [6.45, 7) is 0. The van der Waals surface area contributed by atoms with Crippen LogP contribution in [0.2, 0.25) is 0 Å². The number of hydrogen-bond acceptors (Lipinski definition) is 15. The highest BCUT2D eigenvalue weighted by Gasteiger charge is 2.27. The molecule has 0 N–H and O–H groups in total. The summed E-state index contributed by atoms with van der Waals surface area (Å²) in [6.07, 6.45) is 0. The van der Waals surface area contributed by atoms with Crippen molar-refractivity contribution in [3.63, 3.8) is 0 Å². The van der Waals surface area contributed by atoms with Gasteiger partial charge in [0, 0.05) is 0 Å². The van der Waals surface area contributed by atoms with Crippen LogP contribution in [-0.2, 0) is 0 Å². The largest absolute Gasteiger partial charge is 0.229 e. The molecule has 0 unspecified atom stereocenters. The molecule has 0 saturated carbocycles. The molecule has 0 amide bonds. The standard InChI is InChI=1S/C15N12S6/c28-1-16-7-10(19-4-31)25-13(22-7)26-11(20-5-32)8(17-2-29)24-15(26)27-12(21-6-33)9(18-3-30)23-14(25)27. The Hall–Kier alpha value is -3.57. The van der Waals surface area contributed by atoms with E-state index in [1.807, 2.05) is 0 Å². The highest BCUT2D eigenvalue weighted by atomic mass is 32.1. The van der Waals surface area contributed by atoms with Crippen molar-refractivity contribution >= 4 is 157 Å². The Morgan fingerprint density at radius 1 is 0.424 bits per heavy atom. The quantitative estimate of drug-likeness (QED) is 0.244. The van der Waals surface area contributed by atoms with E-state index >= 15 is 0 Å². The zero-order valence-electron chi connectivity index (χ0n) is 15.3. The maximum atomic E-state index is 4.79. The summed E-state index contributed by atoms with van der Waals surface area (Å²) in [7, 11) is 0. The van der Waals surface area contributed by atoms with E-state index in [2.05, 4.69) is 75.9 Å². The third-order valence-corrected chi connectivity index (χ3v) is 4.51. The Labute approximate surface area is 213 Å². The van der Waals surface area contributed by atoms with Crippen LogP contribution in [0.5, 0.6) is 0 Å². The van der Waals surface area contributed by atoms with E-state index < -0.39 is 0 Å². The number of rotatable bonds is 6. The molecule has 12 nitrogen and oxygen atoms in total. The second-order valence-electron chi connectivity index (χ2n) is 5.40. The minimum absolute atomic E-state index is 0.0605. The number of nitrogens with zero attached hydrogens (tertiary/aromatic N) is 12. The van der Waals surface area contributed by atoms with E-state index in [0.29, 0.717) is 0 Å². The molecule has 0 atom stereocenters. The lowest BCUT2D eigenvalue weighted by Crippen LogP contribution is -2.03. The van der Waals surface area contributed by atoms with Gasteiger partial charge in [0.2, 0.25) is 34.8 Å². The van der Waals surface area contributed by atoms with Gasteiger partial charge in [-0.25, -0.2) is 13.2 Å². The number of aliphatic imine (C=N–C) groups is 6. The lowest BCUT2D eigenvalue weighted by atomic mass is 10.6. The highest BCUT2D eigenvalue weighted by molar-refractivity contribution is 7.79. The van der Waals surface area contributed by atoms with E-state index in [1.54, 1.807) is 0 Å². The fraction of sp³-hybridized carbons (Fsp3) is 0. The number of isothiocyanates is 6. The van der Waals surface area contributed by atoms with E-state index in [0.717, 1.165) is 0 Å². The third kappa shape index (κ3) is 3.58. The molecule has 4 rings (SSSR count). The smallest absolute Gasteiger partial charge is 0.228 e. The first-order valence-corrected chi connectivity index (χ1v) is 10.5. The molecule has 0 bridgehead atoms. The minimum atomic E-state index is 0.0605. The van der Waals surface area contributed by atoms with Gasteiger partial charge in [-0.15, -0.1) is 0 Å². The maximum absolute atomic E-state index is 4.79. The van der Waals surface area contributed by atoms with Crippen molar-refractivity contribution in [3.8, 4) is 0 Å². The van der Waals surface area contributed by atoms with Gasteiger partial charge >= 0.3 is 0 Å². The maximum Gasteiger partial charge on any atom is 0.229 e. The van der Waals surface area contributed by atoms with Crippen LogP contribution in [0.1, 0.15) is 0 Å². The number of fused-ring (bicyclic) bond motifs is 6. The number of hydrogen-bond donors (Lipinski definition) is 0. The number of thiocarbonyl (C=S) groups is 6. The molecule has 33 heavy (non-hydrogen) atoms. The van der Waals surface area contributed by atoms with Gasteiger partial charge in [0.15, 0.2) is 17.5 Å². The van der Waals surface area contributed by atoms with Crippen LogP contribution >= 0.6 is 73.3 Å². The molecule has 0 spiro atoms. The van der Waals surface area contributed by atoms with E-state index in [1.165, 1.54) is 13.2 Å². The van der Waals surface area contributed by atoms with Gasteiger partial charge in [0.25, 0.3) is 0 Å². The lowest BCUT2D eigenvalue weighted by molar-refractivity contribution is 0.976. The van der Waals surface area contributed by atoms with E-state index in [4.69, 9.17) is 73.3 Å². The summed E-state index contributed by atoms with van der Waals surface area (Å²) in [5, 5.41) is 13.5. The van der Waals surface area contributed by atoms with Crippen molar-refractivity contribution < 1.29 is 0 Å². The van der Waals surface area contributed by atoms with Crippen LogP contribution in [0.3, 0.4) is 0 Å².